The Hall–Kier alpha value is -1.57. The third kappa shape index (κ3) is 4.31. The summed E-state index contributed by atoms with van der Waals surface area (Å²) < 4.78 is 0. The number of rotatable bonds is 7. The van der Waals surface area contributed by atoms with Gasteiger partial charge in [-0.2, -0.15) is 0 Å². The zero-order valence-electron chi connectivity index (χ0n) is 23.1. The van der Waals surface area contributed by atoms with Crippen LogP contribution in [0.2, 0.25) is 0 Å². The third-order valence-corrected chi connectivity index (χ3v) is 11.1. The Labute approximate surface area is 214 Å². The molecule has 1 aromatic carbocycles. The number of amides is 1. The van der Waals surface area contributed by atoms with Crippen molar-refractivity contribution < 1.29 is 4.79 Å². The van der Waals surface area contributed by atoms with Crippen LogP contribution in [-0.2, 0) is 11.3 Å². The van der Waals surface area contributed by atoms with Crippen molar-refractivity contribution >= 4 is 5.91 Å². The molecule has 3 aliphatic carbocycles. The van der Waals surface area contributed by atoms with E-state index in [-0.39, 0.29) is 11.3 Å². The van der Waals surface area contributed by atoms with Gasteiger partial charge in [0.1, 0.15) is 0 Å². The molecule has 192 valence electrons. The van der Waals surface area contributed by atoms with Gasteiger partial charge in [-0.15, -0.1) is 0 Å². The Balaban J connectivity index is 1.43. The molecule has 35 heavy (non-hydrogen) atoms. The van der Waals surface area contributed by atoms with Gasteiger partial charge in [-0.3, -0.25) is 4.79 Å². The minimum Gasteiger partial charge on any atom is -0.311 e. The predicted octanol–water partition coefficient (Wildman–Crippen LogP) is 8.62. The molecule has 0 spiro atoms. The van der Waals surface area contributed by atoms with E-state index in [2.05, 4.69) is 75.9 Å². The molecule has 0 bridgehead atoms. The summed E-state index contributed by atoms with van der Waals surface area (Å²) in [4.78, 5) is 16.7. The van der Waals surface area contributed by atoms with Crippen LogP contribution in [0.3, 0.4) is 0 Å². The van der Waals surface area contributed by atoms with Crippen molar-refractivity contribution in [3.63, 3.8) is 0 Å². The molecular weight excluding hydrogens is 426 g/mol. The summed E-state index contributed by atoms with van der Waals surface area (Å²) in [6, 6.07) is 10.7. The highest BCUT2D eigenvalue weighted by Gasteiger charge is 2.63. The summed E-state index contributed by atoms with van der Waals surface area (Å²) in [5.74, 6) is 4.12. The van der Waals surface area contributed by atoms with Gasteiger partial charge in [0.15, 0.2) is 0 Å². The summed E-state index contributed by atoms with van der Waals surface area (Å²) in [5.41, 5.74) is 3.11. The van der Waals surface area contributed by atoms with Gasteiger partial charge in [-0.05, 0) is 85.5 Å². The number of carbonyl (C=O) groups excluding carboxylic acids is 1. The molecule has 1 amide bonds. The molecule has 0 N–H and O–H groups in total. The van der Waals surface area contributed by atoms with Crippen LogP contribution in [0.15, 0.2) is 42.1 Å². The lowest BCUT2D eigenvalue weighted by molar-refractivity contribution is -0.159. The van der Waals surface area contributed by atoms with Crippen molar-refractivity contribution in [2.24, 2.45) is 46.3 Å². The van der Waals surface area contributed by atoms with Gasteiger partial charge in [0.2, 0.25) is 5.91 Å². The highest BCUT2D eigenvalue weighted by Crippen LogP contribution is 2.67. The second-order valence-electron chi connectivity index (χ2n) is 13.6. The quantitative estimate of drug-likeness (QED) is 0.386. The van der Waals surface area contributed by atoms with E-state index in [9.17, 15) is 4.79 Å². The van der Waals surface area contributed by atoms with E-state index in [1.807, 2.05) is 0 Å². The Bertz CT molecular complexity index is 934. The first-order valence-electron chi connectivity index (χ1n) is 14.8. The van der Waals surface area contributed by atoms with E-state index in [0.717, 1.165) is 30.7 Å². The standard InChI is InChI=1S/C33H49NO/c1-23(2)12-11-13-24(3)26-17-18-27-30-28(19-21-32(26,27)4)33(5)20-10-9-16-29(33)34(31(30)35)22-25-14-7-6-8-15-25/h6-8,14-16,23-24,26-28,30H,9-13,17-22H2,1-5H3/t24-,26?,27+,28+,30+,32-,33-/m1/s1. The van der Waals surface area contributed by atoms with Crippen LogP contribution in [-0.4, -0.2) is 10.8 Å². The third-order valence-electron chi connectivity index (χ3n) is 11.1. The number of hydrogen-bond acceptors (Lipinski definition) is 1. The van der Waals surface area contributed by atoms with E-state index >= 15 is 0 Å². The number of allylic oxidation sites excluding steroid dienone is 2. The smallest absolute Gasteiger partial charge is 0.230 e. The minimum atomic E-state index is 0.161. The number of fused-ring (bicyclic) bond motifs is 5. The van der Waals surface area contributed by atoms with E-state index in [0.29, 0.717) is 23.2 Å². The molecule has 1 heterocycles. The number of nitrogens with zero attached hydrogens (tertiary/aromatic N) is 1. The summed E-state index contributed by atoms with van der Waals surface area (Å²) in [5, 5.41) is 0. The Morgan fingerprint density at radius 3 is 2.49 bits per heavy atom. The molecule has 7 atom stereocenters. The number of carbonyl (C=O) groups is 1. The molecule has 2 nitrogen and oxygen atoms in total. The van der Waals surface area contributed by atoms with E-state index in [1.54, 1.807) is 0 Å². The highest BCUT2D eigenvalue weighted by atomic mass is 16.2. The van der Waals surface area contributed by atoms with Crippen LogP contribution < -0.4 is 0 Å². The first kappa shape index (κ1) is 25.1. The maximum absolute atomic E-state index is 14.5. The molecular formula is C33H49NO. The molecule has 2 saturated carbocycles. The van der Waals surface area contributed by atoms with Crippen LogP contribution in [0, 0.1) is 46.3 Å². The average Bonchev–Trinajstić information content (AvgIpc) is 3.19. The van der Waals surface area contributed by atoms with Crippen LogP contribution in [0.5, 0.6) is 0 Å². The molecule has 5 rings (SSSR count). The number of piperidine rings is 1. The van der Waals surface area contributed by atoms with E-state index in [4.69, 9.17) is 0 Å². The fourth-order valence-corrected chi connectivity index (χ4v) is 9.31. The Kier molecular flexibility index (Phi) is 6.96. The fourth-order valence-electron chi connectivity index (χ4n) is 9.31. The zero-order valence-corrected chi connectivity index (χ0v) is 23.1. The largest absolute Gasteiger partial charge is 0.311 e. The Morgan fingerprint density at radius 1 is 0.971 bits per heavy atom. The number of benzene rings is 1. The zero-order chi connectivity index (χ0) is 24.8. The van der Waals surface area contributed by atoms with Gasteiger partial charge in [0.25, 0.3) is 0 Å². The van der Waals surface area contributed by atoms with Gasteiger partial charge in [-0.1, -0.05) is 90.3 Å². The maximum Gasteiger partial charge on any atom is 0.230 e. The Morgan fingerprint density at radius 2 is 1.74 bits per heavy atom. The van der Waals surface area contributed by atoms with Crippen LogP contribution >= 0.6 is 0 Å². The maximum atomic E-state index is 14.5. The lowest BCUT2D eigenvalue weighted by Gasteiger charge is -2.60. The van der Waals surface area contributed by atoms with Gasteiger partial charge in [0, 0.05) is 17.0 Å². The predicted molar refractivity (Wildman–Crippen MR) is 145 cm³/mol. The van der Waals surface area contributed by atoms with Crippen LogP contribution in [0.1, 0.15) is 104 Å². The van der Waals surface area contributed by atoms with Crippen molar-refractivity contribution in [1.29, 1.82) is 0 Å². The SMILES string of the molecule is CC(C)CCC[C@@H](C)C1CC[C@H]2[C@@H]3C(=O)N(Cc4ccccc4)C4=CCCC[C@]4(C)[C@H]3CC[C@]12C. The lowest BCUT2D eigenvalue weighted by atomic mass is 9.48. The van der Waals surface area contributed by atoms with Crippen LogP contribution in [0.4, 0.5) is 0 Å². The van der Waals surface area contributed by atoms with Gasteiger partial charge in [-0.25, -0.2) is 0 Å². The summed E-state index contributed by atoms with van der Waals surface area (Å²) in [6.07, 6.45) is 15.3. The van der Waals surface area contributed by atoms with Gasteiger partial charge < -0.3 is 4.90 Å². The second-order valence-corrected chi connectivity index (χ2v) is 13.6. The number of hydrogen-bond donors (Lipinski definition) is 0. The topological polar surface area (TPSA) is 20.3 Å². The van der Waals surface area contributed by atoms with Gasteiger partial charge in [0.05, 0.1) is 6.54 Å². The number of likely N-dealkylation sites (tertiary alicyclic amines) is 1. The average molecular weight is 476 g/mol. The van der Waals surface area contributed by atoms with Gasteiger partial charge >= 0.3 is 0 Å². The van der Waals surface area contributed by atoms with Crippen molar-refractivity contribution in [3.8, 4) is 0 Å². The lowest BCUT2D eigenvalue weighted by Crippen LogP contribution is -2.60. The van der Waals surface area contributed by atoms with Crippen molar-refractivity contribution in [2.45, 2.75) is 105 Å². The molecule has 1 unspecified atom stereocenters. The highest BCUT2D eigenvalue weighted by molar-refractivity contribution is 5.83. The van der Waals surface area contributed by atoms with Crippen molar-refractivity contribution in [2.75, 3.05) is 0 Å². The molecule has 1 aromatic rings. The molecule has 1 aliphatic heterocycles. The second kappa shape index (κ2) is 9.71. The fraction of sp³-hybridized carbons (Fsp3) is 0.727. The normalized spacial score (nSPS) is 37.5. The summed E-state index contributed by atoms with van der Waals surface area (Å²) in [6.45, 7) is 13.1. The summed E-state index contributed by atoms with van der Waals surface area (Å²) >= 11 is 0. The minimum absolute atomic E-state index is 0.161. The molecule has 1 saturated heterocycles. The first-order chi connectivity index (χ1) is 16.8. The van der Waals surface area contributed by atoms with Crippen LogP contribution in [0.25, 0.3) is 0 Å². The molecule has 3 fully saturated rings. The summed E-state index contributed by atoms with van der Waals surface area (Å²) in [7, 11) is 0. The molecule has 0 radical (unpaired) electrons. The van der Waals surface area contributed by atoms with Crippen molar-refractivity contribution in [3.05, 3.63) is 47.7 Å². The molecule has 2 heteroatoms. The molecule has 4 aliphatic rings. The van der Waals surface area contributed by atoms with Crippen molar-refractivity contribution in [1.82, 2.24) is 4.90 Å². The van der Waals surface area contributed by atoms with E-state index < -0.39 is 0 Å². The monoisotopic (exact) mass is 475 g/mol. The first-order valence-corrected chi connectivity index (χ1v) is 14.8. The molecule has 0 aromatic heterocycles. The van der Waals surface area contributed by atoms with E-state index in [1.165, 1.54) is 69.0 Å².